The predicted molar refractivity (Wildman–Crippen MR) is 197 cm³/mol. The molecule has 0 bridgehead atoms. The zero-order chi connectivity index (χ0) is 33.7. The maximum absolute atomic E-state index is 14.2. The van der Waals surface area contributed by atoms with Crippen molar-refractivity contribution >= 4 is 28.2 Å². The average molecular weight is 666 g/mol. The van der Waals surface area contributed by atoms with Gasteiger partial charge in [-0.15, -0.1) is 0 Å². The van der Waals surface area contributed by atoms with Crippen molar-refractivity contribution in [2.75, 3.05) is 13.7 Å². The fourth-order valence-corrected chi connectivity index (χ4v) is 8.63. The molecule has 2 fully saturated rings. The molecule has 1 N–H and O–H groups in total. The Hall–Kier alpha value is -5.04. The van der Waals surface area contributed by atoms with Crippen LogP contribution in [0.5, 0.6) is 17.2 Å². The van der Waals surface area contributed by atoms with Crippen LogP contribution in [0.4, 0.5) is 5.69 Å². The minimum absolute atomic E-state index is 0.0399. The molecule has 0 unspecified atom stereocenters. The van der Waals surface area contributed by atoms with Crippen molar-refractivity contribution in [2.45, 2.75) is 82.4 Å². The lowest BCUT2D eigenvalue weighted by atomic mass is 9.72. The van der Waals surface area contributed by atoms with Gasteiger partial charge in [0.15, 0.2) is 0 Å². The molecule has 1 amide bonds. The summed E-state index contributed by atoms with van der Waals surface area (Å²) in [6, 6.07) is 28.9. The van der Waals surface area contributed by atoms with Crippen LogP contribution in [0, 0.1) is 0 Å². The van der Waals surface area contributed by atoms with Gasteiger partial charge >= 0.3 is 0 Å². The Kier molecular flexibility index (Phi) is 7.86. The Morgan fingerprint density at radius 1 is 0.940 bits per heavy atom. The number of nitrogens with zero attached hydrogens (tertiary/aromatic N) is 2. The van der Waals surface area contributed by atoms with E-state index in [0.29, 0.717) is 24.7 Å². The number of nitrogens with one attached hydrogen (secondary N) is 1. The SMILES string of the molecule is COc1ccc2c(c1)OCCn1c-2c(C2CCCCC2)c2ccc(C(=O)NC3(C4=Nc5ccc(OCc6ccccc6)cc5C4)CCC3)cc21. The minimum atomic E-state index is -0.425. The molecule has 0 spiro atoms. The Bertz CT molecular complexity index is 2120. The summed E-state index contributed by atoms with van der Waals surface area (Å²) in [7, 11) is 1.69. The zero-order valence-corrected chi connectivity index (χ0v) is 28.7. The molecule has 5 aromatic rings. The Balaban J connectivity index is 1.01. The second-order valence-corrected chi connectivity index (χ2v) is 14.4. The highest BCUT2D eigenvalue weighted by Gasteiger charge is 2.45. The molecule has 4 aromatic carbocycles. The van der Waals surface area contributed by atoms with Crippen molar-refractivity contribution < 1.29 is 19.0 Å². The Labute approximate surface area is 293 Å². The summed E-state index contributed by atoms with van der Waals surface area (Å²) in [5.41, 5.74) is 9.43. The first-order chi connectivity index (χ1) is 24.6. The summed E-state index contributed by atoms with van der Waals surface area (Å²) >= 11 is 0. The van der Waals surface area contributed by atoms with Crippen molar-refractivity contribution in [3.05, 3.63) is 107 Å². The molecule has 2 saturated carbocycles. The molecule has 1 aromatic heterocycles. The fourth-order valence-electron chi connectivity index (χ4n) is 8.63. The van der Waals surface area contributed by atoms with Gasteiger partial charge in [0.2, 0.25) is 0 Å². The highest BCUT2D eigenvalue weighted by molar-refractivity contribution is 6.07. The molecule has 0 atom stereocenters. The van der Waals surface area contributed by atoms with Gasteiger partial charge in [0.1, 0.15) is 30.5 Å². The lowest BCUT2D eigenvalue weighted by molar-refractivity contribution is 0.0888. The van der Waals surface area contributed by atoms with Crippen LogP contribution in [0.3, 0.4) is 0 Å². The minimum Gasteiger partial charge on any atom is -0.497 e. The second kappa shape index (κ2) is 12.7. The molecular formula is C43H43N3O4. The molecule has 4 aliphatic rings. The fraction of sp³-hybridized carbons (Fsp3) is 0.349. The number of rotatable bonds is 8. The number of amides is 1. The van der Waals surface area contributed by atoms with Crippen LogP contribution in [0.25, 0.3) is 22.2 Å². The molecule has 3 heterocycles. The third kappa shape index (κ3) is 5.44. The van der Waals surface area contributed by atoms with Crippen LogP contribution >= 0.6 is 0 Å². The van der Waals surface area contributed by atoms with Crippen LogP contribution in [0.1, 0.15) is 84.3 Å². The van der Waals surface area contributed by atoms with Gasteiger partial charge in [0, 0.05) is 40.2 Å². The van der Waals surface area contributed by atoms with Crippen molar-refractivity contribution in [2.24, 2.45) is 4.99 Å². The van der Waals surface area contributed by atoms with Gasteiger partial charge in [-0.05, 0) is 97.2 Å². The number of carbonyl (C=O) groups excluding carboxylic acids is 1. The molecule has 9 rings (SSSR count). The molecule has 50 heavy (non-hydrogen) atoms. The van der Waals surface area contributed by atoms with Crippen molar-refractivity contribution in [1.29, 1.82) is 0 Å². The summed E-state index contributed by atoms with van der Waals surface area (Å²) in [6.45, 7) is 1.80. The summed E-state index contributed by atoms with van der Waals surface area (Å²) in [5.74, 6) is 2.95. The summed E-state index contributed by atoms with van der Waals surface area (Å²) in [5, 5.41) is 4.75. The number of carbonyl (C=O) groups is 1. The molecule has 2 aliphatic carbocycles. The van der Waals surface area contributed by atoms with Crippen LogP contribution < -0.4 is 19.5 Å². The number of hydrogen-bond donors (Lipinski definition) is 1. The highest BCUT2D eigenvalue weighted by atomic mass is 16.5. The highest BCUT2D eigenvalue weighted by Crippen LogP contribution is 2.48. The second-order valence-electron chi connectivity index (χ2n) is 14.4. The monoisotopic (exact) mass is 665 g/mol. The van der Waals surface area contributed by atoms with Crippen LogP contribution in [-0.4, -0.2) is 35.4 Å². The molecule has 7 nitrogen and oxygen atoms in total. The molecule has 0 radical (unpaired) electrons. The topological polar surface area (TPSA) is 74.1 Å². The molecule has 2 aliphatic heterocycles. The van der Waals surface area contributed by atoms with E-state index in [4.69, 9.17) is 19.2 Å². The first-order valence-corrected chi connectivity index (χ1v) is 18.3. The van der Waals surface area contributed by atoms with E-state index < -0.39 is 5.54 Å². The standard InChI is InChI=1S/C43H43N3O4/c1-48-32-14-17-35-38(26-32)49-22-21-46-37-24-30(13-16-34(37)40(41(35)46)29-11-6-3-7-12-29)42(47)45-43(19-8-20-43)39-25-31-23-33(15-18-36(31)44-39)50-27-28-9-4-2-5-10-28/h2,4-5,9-10,13-18,23-24,26,29H,3,6-8,11-12,19-22,25,27H2,1H3,(H,45,47). The van der Waals surface area contributed by atoms with Gasteiger partial charge in [0.05, 0.1) is 30.6 Å². The number of aliphatic imine (C=N–C) groups is 1. The largest absolute Gasteiger partial charge is 0.497 e. The lowest BCUT2D eigenvalue weighted by Crippen LogP contribution is -2.59. The van der Waals surface area contributed by atoms with Gasteiger partial charge in [0.25, 0.3) is 5.91 Å². The van der Waals surface area contributed by atoms with Gasteiger partial charge in [-0.25, -0.2) is 0 Å². The summed E-state index contributed by atoms with van der Waals surface area (Å²) in [6.07, 6.45) is 9.77. The van der Waals surface area contributed by atoms with E-state index >= 15 is 0 Å². The summed E-state index contributed by atoms with van der Waals surface area (Å²) < 4.78 is 20.4. The average Bonchev–Trinajstić information content (AvgIpc) is 3.65. The van der Waals surface area contributed by atoms with Gasteiger partial charge in [-0.2, -0.15) is 0 Å². The molecule has 7 heteroatoms. The first-order valence-electron chi connectivity index (χ1n) is 18.3. The van der Waals surface area contributed by atoms with Gasteiger partial charge in [-0.3, -0.25) is 9.79 Å². The third-order valence-electron chi connectivity index (χ3n) is 11.4. The number of hydrogen-bond acceptors (Lipinski definition) is 5. The van der Waals surface area contributed by atoms with Crippen LogP contribution in [-0.2, 0) is 19.6 Å². The molecule has 0 saturated heterocycles. The maximum Gasteiger partial charge on any atom is 0.252 e. The molecule has 254 valence electrons. The number of ether oxygens (including phenoxy) is 3. The van der Waals surface area contributed by atoms with Crippen molar-refractivity contribution in [3.63, 3.8) is 0 Å². The van der Waals surface area contributed by atoms with E-state index in [9.17, 15) is 4.79 Å². The smallest absolute Gasteiger partial charge is 0.252 e. The van der Waals surface area contributed by atoms with Crippen LogP contribution in [0.15, 0.2) is 89.9 Å². The number of aromatic nitrogens is 1. The zero-order valence-electron chi connectivity index (χ0n) is 28.7. The van der Waals surface area contributed by atoms with Gasteiger partial charge < -0.3 is 24.1 Å². The van der Waals surface area contributed by atoms with E-state index in [2.05, 4.69) is 46.3 Å². The molecular weight excluding hydrogens is 622 g/mol. The summed E-state index contributed by atoms with van der Waals surface area (Å²) in [4.78, 5) is 19.3. The van der Waals surface area contributed by atoms with E-state index in [1.54, 1.807) is 7.11 Å². The van der Waals surface area contributed by atoms with E-state index in [0.717, 1.165) is 83.1 Å². The van der Waals surface area contributed by atoms with Crippen LogP contribution in [0.2, 0.25) is 0 Å². The van der Waals surface area contributed by atoms with Crippen molar-refractivity contribution in [1.82, 2.24) is 9.88 Å². The number of methoxy groups -OCH3 is 1. The first kappa shape index (κ1) is 31.0. The van der Waals surface area contributed by atoms with Gasteiger partial charge in [-0.1, -0.05) is 55.7 Å². The maximum atomic E-state index is 14.2. The predicted octanol–water partition coefficient (Wildman–Crippen LogP) is 9.32. The number of benzene rings is 4. The van der Waals surface area contributed by atoms with E-state index in [-0.39, 0.29) is 5.91 Å². The van der Waals surface area contributed by atoms with E-state index in [1.807, 2.05) is 48.5 Å². The normalized spacial score (nSPS) is 17.7. The quantitative estimate of drug-likeness (QED) is 0.179. The van der Waals surface area contributed by atoms with E-state index in [1.165, 1.54) is 48.7 Å². The Morgan fingerprint density at radius 2 is 1.78 bits per heavy atom. The Morgan fingerprint density at radius 3 is 2.58 bits per heavy atom. The number of fused-ring (bicyclic) bond motifs is 6. The van der Waals surface area contributed by atoms with Crippen molar-refractivity contribution in [3.8, 4) is 28.5 Å². The third-order valence-corrected chi connectivity index (χ3v) is 11.4. The lowest BCUT2D eigenvalue weighted by Gasteiger charge is -2.42.